The van der Waals surface area contributed by atoms with E-state index in [9.17, 15) is 18.0 Å². The minimum atomic E-state index is -4.43. The smallest absolute Gasteiger partial charge is 0.398 e. The molecule has 2 N–H and O–H groups in total. The van der Waals surface area contributed by atoms with Gasteiger partial charge in [-0.25, -0.2) is 0 Å². The minimum absolute atomic E-state index is 0.102. The molecule has 1 aliphatic rings. The number of carbonyl (C=O) groups excluding carboxylic acids is 1. The van der Waals surface area contributed by atoms with Crippen molar-refractivity contribution < 1.29 is 18.0 Å². The largest absolute Gasteiger partial charge is 0.417 e. The molecule has 0 saturated heterocycles. The third-order valence-corrected chi connectivity index (χ3v) is 4.41. The molecule has 26 heavy (non-hydrogen) atoms. The Morgan fingerprint density at radius 3 is 2.50 bits per heavy atom. The van der Waals surface area contributed by atoms with Gasteiger partial charge in [0.05, 0.1) is 16.8 Å². The lowest BCUT2D eigenvalue weighted by molar-refractivity contribution is -0.0691. The van der Waals surface area contributed by atoms with Crippen molar-refractivity contribution in [3.63, 3.8) is 0 Å². The van der Waals surface area contributed by atoms with Crippen molar-refractivity contribution in [3.8, 4) is 11.1 Å². The van der Waals surface area contributed by atoms with Crippen LogP contribution >= 0.6 is 0 Å². The number of nitrogen functional groups attached to an aromatic ring is 1. The summed E-state index contributed by atoms with van der Waals surface area (Å²) in [5, 5.41) is 0. The van der Waals surface area contributed by atoms with Gasteiger partial charge in [-0.2, -0.15) is 13.2 Å². The van der Waals surface area contributed by atoms with Crippen molar-refractivity contribution in [1.29, 1.82) is 0 Å². The van der Waals surface area contributed by atoms with Gasteiger partial charge in [0.25, 0.3) is 5.91 Å². The van der Waals surface area contributed by atoms with E-state index in [4.69, 9.17) is 5.73 Å². The van der Waals surface area contributed by atoms with Crippen LogP contribution in [0.3, 0.4) is 0 Å². The Balaban J connectivity index is 2.10. The van der Waals surface area contributed by atoms with Crippen LogP contribution in [-0.4, -0.2) is 36.1 Å². The maximum absolute atomic E-state index is 13.4. The van der Waals surface area contributed by atoms with E-state index < -0.39 is 11.7 Å². The Kier molecular flexibility index (Phi) is 4.26. The quantitative estimate of drug-likeness (QED) is 0.825. The van der Waals surface area contributed by atoms with Gasteiger partial charge in [-0.1, -0.05) is 11.6 Å². The normalized spacial score (nSPS) is 13.8. The molecule has 1 aliphatic carbocycles. The molecule has 1 aromatic carbocycles. The van der Waals surface area contributed by atoms with Gasteiger partial charge in [0.1, 0.15) is 0 Å². The van der Waals surface area contributed by atoms with Gasteiger partial charge in [0.2, 0.25) is 0 Å². The number of nitrogens with two attached hydrogens (primary N) is 1. The predicted octanol–water partition coefficient (Wildman–Crippen LogP) is 3.92. The van der Waals surface area contributed by atoms with Crippen molar-refractivity contribution in [1.82, 2.24) is 9.88 Å². The third-order valence-electron chi connectivity index (χ3n) is 4.41. The summed E-state index contributed by atoms with van der Waals surface area (Å²) in [6.45, 7) is 1.47. The second-order valence-electron chi connectivity index (χ2n) is 6.55. The molecule has 0 radical (unpaired) electrons. The summed E-state index contributed by atoms with van der Waals surface area (Å²) in [5.41, 5.74) is 7.74. The molecule has 0 spiro atoms. The fourth-order valence-corrected chi connectivity index (χ4v) is 3.13. The second kappa shape index (κ2) is 6.16. The van der Waals surface area contributed by atoms with Crippen LogP contribution in [0, 0.1) is 0 Å². The molecule has 3 rings (SSSR count). The molecular weight excluding hydrogens is 343 g/mol. The van der Waals surface area contributed by atoms with Gasteiger partial charge in [0.15, 0.2) is 0 Å². The summed E-state index contributed by atoms with van der Waals surface area (Å²) >= 11 is 0. The molecular formula is C19H18F3N3O. The number of anilines is 1. The fraction of sp³-hybridized carbons (Fsp3) is 0.263. The van der Waals surface area contributed by atoms with Crippen LogP contribution in [0.15, 0.2) is 36.0 Å². The van der Waals surface area contributed by atoms with E-state index in [-0.39, 0.29) is 23.5 Å². The van der Waals surface area contributed by atoms with Gasteiger partial charge in [-0.05, 0) is 30.7 Å². The van der Waals surface area contributed by atoms with Crippen LogP contribution in [0.25, 0.3) is 16.7 Å². The van der Waals surface area contributed by atoms with Gasteiger partial charge in [0, 0.05) is 43.5 Å². The van der Waals surface area contributed by atoms with Crippen molar-refractivity contribution in [3.05, 3.63) is 52.9 Å². The zero-order valence-electron chi connectivity index (χ0n) is 14.6. The van der Waals surface area contributed by atoms with Gasteiger partial charge < -0.3 is 10.6 Å². The second-order valence-corrected chi connectivity index (χ2v) is 6.55. The molecule has 2 aromatic rings. The van der Waals surface area contributed by atoms with Crippen molar-refractivity contribution in [2.75, 3.05) is 19.8 Å². The van der Waals surface area contributed by atoms with Crippen LogP contribution in [0.2, 0.25) is 0 Å². The van der Waals surface area contributed by atoms with Gasteiger partial charge in [-0.15, -0.1) is 0 Å². The molecule has 0 atom stereocenters. The van der Waals surface area contributed by atoms with Crippen LogP contribution < -0.4 is 5.73 Å². The molecule has 0 unspecified atom stereocenters. The molecule has 0 fully saturated rings. The Morgan fingerprint density at radius 1 is 1.19 bits per heavy atom. The molecule has 0 aliphatic heterocycles. The number of alkyl halides is 3. The highest BCUT2D eigenvalue weighted by Crippen LogP contribution is 2.43. The lowest BCUT2D eigenvalue weighted by Gasteiger charge is -2.14. The molecule has 1 heterocycles. The number of carbonyl (C=O) groups is 1. The highest BCUT2D eigenvalue weighted by molar-refractivity contribution is 6.00. The highest BCUT2D eigenvalue weighted by Gasteiger charge is 2.40. The number of fused-ring (bicyclic) bond motifs is 1. The minimum Gasteiger partial charge on any atom is -0.398 e. The number of hydrogen-bond acceptors (Lipinski definition) is 3. The van der Waals surface area contributed by atoms with Crippen molar-refractivity contribution in [2.45, 2.75) is 19.5 Å². The SMILES string of the molecule is CC1=C(C(F)(F)F)c2cc(-c3ccc(N)c(C(=O)N(C)C)c3)cnc2C1. The lowest BCUT2D eigenvalue weighted by Crippen LogP contribution is -2.22. The lowest BCUT2D eigenvalue weighted by atomic mass is 9.99. The zero-order valence-corrected chi connectivity index (χ0v) is 14.6. The van der Waals surface area contributed by atoms with E-state index in [2.05, 4.69) is 4.98 Å². The maximum Gasteiger partial charge on any atom is 0.417 e. The molecule has 1 amide bonds. The number of nitrogens with zero attached hydrogens (tertiary/aromatic N) is 2. The Morgan fingerprint density at radius 2 is 1.88 bits per heavy atom. The first-order valence-electron chi connectivity index (χ1n) is 7.97. The monoisotopic (exact) mass is 361 g/mol. The van der Waals surface area contributed by atoms with E-state index in [0.717, 1.165) is 0 Å². The molecule has 4 nitrogen and oxygen atoms in total. The average molecular weight is 361 g/mol. The van der Waals surface area contributed by atoms with E-state index in [1.54, 1.807) is 32.3 Å². The third kappa shape index (κ3) is 3.05. The van der Waals surface area contributed by atoms with Gasteiger partial charge >= 0.3 is 6.18 Å². The predicted molar refractivity (Wildman–Crippen MR) is 94.5 cm³/mol. The van der Waals surface area contributed by atoms with Crippen LogP contribution in [-0.2, 0) is 6.42 Å². The van der Waals surface area contributed by atoms with Gasteiger partial charge in [-0.3, -0.25) is 9.78 Å². The summed E-state index contributed by atoms with van der Waals surface area (Å²) in [6.07, 6.45) is -2.71. The first kappa shape index (κ1) is 18.0. The topological polar surface area (TPSA) is 59.2 Å². The first-order valence-corrected chi connectivity index (χ1v) is 7.97. The Hall–Kier alpha value is -2.83. The summed E-state index contributed by atoms with van der Waals surface area (Å²) in [6, 6.07) is 6.31. The molecule has 7 heteroatoms. The number of benzene rings is 1. The van der Waals surface area contributed by atoms with Crippen LogP contribution in [0.5, 0.6) is 0 Å². The Bertz CT molecular complexity index is 930. The van der Waals surface area contributed by atoms with Crippen LogP contribution in [0.1, 0.15) is 28.5 Å². The summed E-state index contributed by atoms with van der Waals surface area (Å²) in [4.78, 5) is 17.8. The number of aromatic nitrogens is 1. The number of hydrogen-bond donors (Lipinski definition) is 1. The highest BCUT2D eigenvalue weighted by atomic mass is 19.4. The van der Waals surface area contributed by atoms with E-state index in [1.165, 1.54) is 24.1 Å². The van der Waals surface area contributed by atoms with Crippen molar-refractivity contribution in [2.24, 2.45) is 0 Å². The standard InChI is InChI=1S/C19H18F3N3O/c1-10-6-16-14(17(10)19(20,21)22)8-12(9-24-16)11-4-5-15(23)13(7-11)18(26)25(2)3/h4-5,7-9H,6,23H2,1-3H3. The summed E-state index contributed by atoms with van der Waals surface area (Å²) in [7, 11) is 3.21. The first-order chi connectivity index (χ1) is 12.1. The number of amides is 1. The van der Waals surface area contributed by atoms with E-state index in [1.807, 2.05) is 0 Å². The molecule has 0 saturated carbocycles. The zero-order chi connectivity index (χ0) is 19.2. The van der Waals surface area contributed by atoms with Crippen LogP contribution in [0.4, 0.5) is 18.9 Å². The summed E-state index contributed by atoms with van der Waals surface area (Å²) < 4.78 is 40.2. The maximum atomic E-state index is 13.4. The molecule has 1 aromatic heterocycles. The van der Waals surface area contributed by atoms with E-state index >= 15 is 0 Å². The number of rotatable bonds is 2. The molecule has 0 bridgehead atoms. The number of halogens is 3. The fourth-order valence-electron chi connectivity index (χ4n) is 3.13. The van der Waals surface area contributed by atoms with E-state index in [0.29, 0.717) is 28.1 Å². The number of pyridine rings is 1. The molecule has 136 valence electrons. The Labute approximate surface area is 149 Å². The number of allylic oxidation sites excluding steroid dienone is 2. The van der Waals surface area contributed by atoms with Crippen molar-refractivity contribution >= 4 is 17.2 Å². The average Bonchev–Trinajstić information content (AvgIpc) is 2.89. The summed E-state index contributed by atoms with van der Waals surface area (Å²) in [5.74, 6) is -0.273.